The van der Waals surface area contributed by atoms with E-state index >= 15 is 0 Å². The van der Waals surface area contributed by atoms with E-state index in [0.29, 0.717) is 13.0 Å². The predicted octanol–water partition coefficient (Wildman–Crippen LogP) is 0.425. The van der Waals surface area contributed by atoms with E-state index in [4.69, 9.17) is 18.7 Å². The van der Waals surface area contributed by atoms with E-state index in [-0.39, 0.29) is 19.9 Å². The molecule has 5 atom stereocenters. The molecular formula is C21H27N3O9P+. The molecule has 1 unspecified atom stereocenters. The number of H-pyrrole nitrogens is 1. The molecule has 1 saturated heterocycles. The van der Waals surface area contributed by atoms with Crippen LogP contribution in [0.2, 0.25) is 0 Å². The summed E-state index contributed by atoms with van der Waals surface area (Å²) in [5.74, 6) is -0.607. The minimum atomic E-state index is -2.50. The molecule has 34 heavy (non-hydrogen) atoms. The summed E-state index contributed by atoms with van der Waals surface area (Å²) in [7, 11) is -2.50. The van der Waals surface area contributed by atoms with Gasteiger partial charge in [0, 0.05) is 18.9 Å². The van der Waals surface area contributed by atoms with Gasteiger partial charge in [0.05, 0.1) is 6.10 Å². The Hall–Kier alpha value is -2.73. The van der Waals surface area contributed by atoms with Gasteiger partial charge < -0.3 is 19.3 Å². The van der Waals surface area contributed by atoms with Gasteiger partial charge in [-0.25, -0.2) is 4.79 Å². The number of carbonyl (C=O) groups is 1. The maximum atomic E-state index is 12.3. The number of carbonyl (C=O) groups excluding carboxylic acids is 1. The first kappa shape index (κ1) is 25.9. The van der Waals surface area contributed by atoms with E-state index in [1.165, 1.54) is 13.1 Å². The molecule has 1 aliphatic heterocycles. The highest BCUT2D eigenvalue weighted by Crippen LogP contribution is 2.23. The molecule has 0 aliphatic carbocycles. The number of aromatic amines is 1. The molecule has 1 aliphatic rings. The van der Waals surface area contributed by atoms with Crippen LogP contribution in [0.5, 0.6) is 0 Å². The lowest BCUT2D eigenvalue weighted by atomic mass is 10.0. The van der Waals surface area contributed by atoms with Crippen LogP contribution in [0.15, 0.2) is 52.2 Å². The molecule has 0 radical (unpaired) electrons. The number of aliphatic hydroxyl groups excluding tert-OH is 1. The fourth-order valence-corrected chi connectivity index (χ4v) is 3.75. The van der Waals surface area contributed by atoms with Crippen LogP contribution in [0.3, 0.4) is 0 Å². The van der Waals surface area contributed by atoms with Gasteiger partial charge in [0.2, 0.25) is 0 Å². The van der Waals surface area contributed by atoms with Crippen molar-refractivity contribution in [3.63, 3.8) is 0 Å². The third kappa shape index (κ3) is 7.66. The van der Waals surface area contributed by atoms with E-state index in [1.807, 2.05) is 30.3 Å². The summed E-state index contributed by atoms with van der Waals surface area (Å²) in [5.41, 5.74) is -0.418. The average Bonchev–Trinajstić information content (AvgIpc) is 2.78. The van der Waals surface area contributed by atoms with Crippen molar-refractivity contribution in [1.82, 2.24) is 14.6 Å². The van der Waals surface area contributed by atoms with Crippen LogP contribution in [0.25, 0.3) is 0 Å². The summed E-state index contributed by atoms with van der Waals surface area (Å²) in [4.78, 5) is 37.3. The van der Waals surface area contributed by atoms with Crippen molar-refractivity contribution in [2.75, 3.05) is 13.2 Å². The molecule has 1 aromatic heterocycles. The number of ether oxygens (including phenoxy) is 3. The van der Waals surface area contributed by atoms with E-state index < -0.39 is 49.8 Å². The standard InChI is InChI=1S/C21H26N3O9P/c1-14(20(27)31-11-15-5-3-2-4-6-15)23-34(29)33-12-17(19(26)16-8-10-30-16)32-13-24-9-7-18(25)22-21(24)28/h2-7,9,14,16-17,19,26H,8,10-13H2,1H3,(H-,22,23,25,28,29)/p+1/t14-,16+,17+,19-/m0/s1. The summed E-state index contributed by atoms with van der Waals surface area (Å²) >= 11 is 0. The van der Waals surface area contributed by atoms with E-state index in [9.17, 15) is 24.1 Å². The van der Waals surface area contributed by atoms with E-state index in [1.54, 1.807) is 0 Å². The second-order valence-electron chi connectivity index (χ2n) is 7.60. The third-order valence-corrected chi connectivity index (χ3v) is 6.03. The number of aromatic nitrogens is 2. The first-order valence-corrected chi connectivity index (χ1v) is 11.8. The number of hydrogen-bond donors (Lipinski definition) is 3. The van der Waals surface area contributed by atoms with Crippen molar-refractivity contribution in [3.05, 3.63) is 69.0 Å². The SMILES string of the molecule is C[C@H](N[P+](=O)OC[C@@H](OCn1ccc(=O)[nH]c1=O)[C@@H](O)[C@H]1CCO1)C(=O)OCc1ccccc1. The van der Waals surface area contributed by atoms with Crippen molar-refractivity contribution in [2.45, 2.75) is 51.0 Å². The first-order chi connectivity index (χ1) is 16.3. The average molecular weight is 496 g/mol. The maximum Gasteiger partial charge on any atom is 0.613 e. The summed E-state index contributed by atoms with van der Waals surface area (Å²) in [6, 6.07) is 9.37. The van der Waals surface area contributed by atoms with Crippen LogP contribution < -0.4 is 16.3 Å². The molecule has 13 heteroatoms. The number of nitrogens with one attached hydrogen (secondary N) is 2. The highest BCUT2D eigenvalue weighted by atomic mass is 31.1. The fourth-order valence-electron chi connectivity index (χ4n) is 2.97. The van der Waals surface area contributed by atoms with Crippen molar-refractivity contribution in [2.24, 2.45) is 0 Å². The topological polar surface area (TPSA) is 158 Å². The number of aliphatic hydroxyl groups is 1. The van der Waals surface area contributed by atoms with Crippen molar-refractivity contribution in [1.29, 1.82) is 0 Å². The van der Waals surface area contributed by atoms with Crippen LogP contribution in [-0.4, -0.2) is 58.2 Å². The van der Waals surface area contributed by atoms with E-state index in [0.717, 1.165) is 16.2 Å². The Labute approximate surface area is 195 Å². The molecule has 1 fully saturated rings. The van der Waals surface area contributed by atoms with Crippen LogP contribution in [0.4, 0.5) is 0 Å². The van der Waals surface area contributed by atoms with Crippen molar-refractivity contribution < 1.29 is 33.2 Å². The second kappa shape index (κ2) is 12.7. The van der Waals surface area contributed by atoms with Gasteiger partial charge in [-0.3, -0.25) is 19.1 Å². The summed E-state index contributed by atoms with van der Waals surface area (Å²) < 4.78 is 34.7. The van der Waals surface area contributed by atoms with Crippen LogP contribution in [0.1, 0.15) is 18.9 Å². The zero-order valence-corrected chi connectivity index (χ0v) is 19.4. The van der Waals surface area contributed by atoms with Gasteiger partial charge in [0.1, 0.15) is 38.2 Å². The molecule has 0 amide bonds. The Kier molecular flexibility index (Phi) is 9.63. The molecule has 12 nitrogen and oxygen atoms in total. The van der Waals surface area contributed by atoms with Crippen molar-refractivity contribution >= 4 is 14.1 Å². The smallest absolute Gasteiger partial charge is 0.460 e. The molecule has 2 aromatic rings. The second-order valence-corrected chi connectivity index (χ2v) is 8.63. The zero-order valence-electron chi connectivity index (χ0n) is 18.5. The summed E-state index contributed by atoms with van der Waals surface area (Å²) in [5, 5.41) is 13.0. The summed E-state index contributed by atoms with van der Waals surface area (Å²) in [6.45, 7) is 1.45. The minimum Gasteiger partial charge on any atom is -0.460 e. The number of nitrogens with zero attached hydrogens (tertiary/aromatic N) is 1. The number of benzene rings is 1. The van der Waals surface area contributed by atoms with Crippen LogP contribution in [-0.2, 0) is 41.4 Å². The monoisotopic (exact) mass is 496 g/mol. The number of esters is 1. The van der Waals surface area contributed by atoms with Gasteiger partial charge in [-0.1, -0.05) is 35.4 Å². The third-order valence-electron chi connectivity index (χ3n) is 5.05. The molecular weight excluding hydrogens is 469 g/mol. The molecule has 2 heterocycles. The molecule has 0 bridgehead atoms. The molecule has 184 valence electrons. The lowest BCUT2D eigenvalue weighted by Gasteiger charge is -2.34. The molecule has 1 aromatic carbocycles. The van der Waals surface area contributed by atoms with Gasteiger partial charge in [0.15, 0.2) is 0 Å². The lowest BCUT2D eigenvalue weighted by molar-refractivity contribution is -0.174. The van der Waals surface area contributed by atoms with Gasteiger partial charge >= 0.3 is 19.8 Å². The Morgan fingerprint density at radius 1 is 1.32 bits per heavy atom. The highest BCUT2D eigenvalue weighted by Gasteiger charge is 2.37. The van der Waals surface area contributed by atoms with Crippen LogP contribution >= 0.6 is 8.18 Å². The van der Waals surface area contributed by atoms with Crippen LogP contribution in [0, 0.1) is 0 Å². The fraction of sp³-hybridized carbons (Fsp3) is 0.476. The number of hydrogen-bond acceptors (Lipinski definition) is 9. The Morgan fingerprint density at radius 2 is 2.06 bits per heavy atom. The van der Waals surface area contributed by atoms with Gasteiger partial charge in [-0.15, -0.1) is 4.52 Å². The number of rotatable bonds is 13. The maximum absolute atomic E-state index is 12.3. The first-order valence-electron chi connectivity index (χ1n) is 10.6. The largest absolute Gasteiger partial charge is 0.613 e. The molecule has 0 saturated carbocycles. The molecule has 3 N–H and O–H groups in total. The zero-order chi connectivity index (χ0) is 24.5. The normalized spacial score (nSPS) is 18.4. The van der Waals surface area contributed by atoms with Crippen molar-refractivity contribution in [3.8, 4) is 0 Å². The minimum absolute atomic E-state index is 0.0803. The van der Waals surface area contributed by atoms with Gasteiger partial charge in [-0.05, 0) is 23.5 Å². The predicted molar refractivity (Wildman–Crippen MR) is 119 cm³/mol. The lowest BCUT2D eigenvalue weighted by Crippen LogP contribution is -2.48. The quantitative estimate of drug-likeness (QED) is 0.262. The van der Waals surface area contributed by atoms with Gasteiger partial charge in [0.25, 0.3) is 5.56 Å². The molecule has 3 rings (SSSR count). The summed E-state index contributed by atoms with van der Waals surface area (Å²) in [6.07, 6.45) is -0.738. The highest BCUT2D eigenvalue weighted by molar-refractivity contribution is 7.36. The Morgan fingerprint density at radius 3 is 2.71 bits per heavy atom. The Bertz CT molecular complexity index is 1070. The molecule has 0 spiro atoms. The Balaban J connectivity index is 1.49. The van der Waals surface area contributed by atoms with Gasteiger partial charge in [-0.2, -0.15) is 0 Å². The van der Waals surface area contributed by atoms with E-state index in [2.05, 4.69) is 10.1 Å².